The molecule has 0 aliphatic carbocycles. The topological polar surface area (TPSA) is 97.4 Å². The molecule has 2 aromatic rings. The Morgan fingerprint density at radius 3 is 2.04 bits per heavy atom. The van der Waals surface area contributed by atoms with Crippen LogP contribution in [0.1, 0.15) is 24.2 Å². The minimum absolute atomic E-state index is 0.177. The van der Waals surface area contributed by atoms with Gasteiger partial charge in [0.2, 0.25) is 5.91 Å². The second kappa shape index (κ2) is 7.87. The van der Waals surface area contributed by atoms with Crippen LogP contribution in [0.15, 0.2) is 48.8 Å². The first-order chi connectivity index (χ1) is 11.5. The average Bonchev–Trinajstić information content (AvgIpc) is 2.56. The number of benzene rings is 1. The molecule has 0 aliphatic heterocycles. The van der Waals surface area contributed by atoms with E-state index >= 15 is 0 Å². The molecule has 1 atom stereocenters. The van der Waals surface area contributed by atoms with Gasteiger partial charge in [0.25, 0.3) is 5.91 Å². The minimum atomic E-state index is -0.958. The molecule has 1 aromatic carbocycles. The second-order valence-corrected chi connectivity index (χ2v) is 5.03. The van der Waals surface area contributed by atoms with Gasteiger partial charge in [0.15, 0.2) is 6.10 Å². The van der Waals surface area contributed by atoms with E-state index in [0.717, 1.165) is 0 Å². The number of anilines is 2. The predicted molar refractivity (Wildman–Crippen MR) is 88.5 cm³/mol. The Hall–Kier alpha value is -3.22. The molecule has 1 heterocycles. The standard InChI is InChI=1S/C17H17N3O4/c1-11(24-17(23)13-7-9-18-10-8-13)16(22)20-15-5-3-14(4-6-15)19-12(2)21/h3-11H,1-2H3,(H,19,21)(H,20,22)/t11-/m1/s1. The molecule has 0 bridgehead atoms. The SMILES string of the molecule is CC(=O)Nc1ccc(NC(=O)[C@@H](C)OC(=O)c2ccncc2)cc1. The normalized spacial score (nSPS) is 11.2. The molecular weight excluding hydrogens is 310 g/mol. The maximum atomic E-state index is 12.1. The number of pyridine rings is 1. The van der Waals surface area contributed by atoms with Crippen molar-refractivity contribution in [3.8, 4) is 0 Å². The summed E-state index contributed by atoms with van der Waals surface area (Å²) < 4.78 is 5.11. The van der Waals surface area contributed by atoms with Gasteiger partial charge in [-0.15, -0.1) is 0 Å². The molecule has 2 rings (SSSR count). The summed E-state index contributed by atoms with van der Waals surface area (Å²) in [7, 11) is 0. The van der Waals surface area contributed by atoms with Crippen molar-refractivity contribution in [2.75, 3.05) is 10.6 Å². The lowest BCUT2D eigenvalue weighted by atomic mass is 10.2. The van der Waals surface area contributed by atoms with Gasteiger partial charge in [-0.25, -0.2) is 4.79 Å². The monoisotopic (exact) mass is 327 g/mol. The quantitative estimate of drug-likeness (QED) is 0.821. The molecule has 7 heteroatoms. The number of carbonyl (C=O) groups excluding carboxylic acids is 3. The maximum Gasteiger partial charge on any atom is 0.339 e. The zero-order chi connectivity index (χ0) is 17.5. The highest BCUT2D eigenvalue weighted by molar-refractivity contribution is 5.97. The van der Waals surface area contributed by atoms with E-state index in [1.807, 2.05) is 0 Å². The third-order valence-electron chi connectivity index (χ3n) is 3.04. The third kappa shape index (κ3) is 4.91. The van der Waals surface area contributed by atoms with Crippen molar-refractivity contribution in [1.29, 1.82) is 0 Å². The van der Waals surface area contributed by atoms with Crippen LogP contribution in [0.4, 0.5) is 11.4 Å². The van der Waals surface area contributed by atoms with Gasteiger partial charge in [0.05, 0.1) is 5.56 Å². The molecular formula is C17H17N3O4. The van der Waals surface area contributed by atoms with Crippen LogP contribution in [0.2, 0.25) is 0 Å². The van der Waals surface area contributed by atoms with Crippen molar-refractivity contribution in [3.63, 3.8) is 0 Å². The summed E-state index contributed by atoms with van der Waals surface area (Å²) in [5.74, 6) is -1.23. The first kappa shape index (κ1) is 17.1. The molecule has 124 valence electrons. The van der Waals surface area contributed by atoms with E-state index in [-0.39, 0.29) is 5.91 Å². The first-order valence-corrected chi connectivity index (χ1v) is 7.25. The molecule has 0 fully saturated rings. The van der Waals surface area contributed by atoms with E-state index in [2.05, 4.69) is 15.6 Å². The smallest absolute Gasteiger partial charge is 0.339 e. The second-order valence-electron chi connectivity index (χ2n) is 5.03. The van der Waals surface area contributed by atoms with Gasteiger partial charge in [0.1, 0.15) is 0 Å². The number of esters is 1. The predicted octanol–water partition coefficient (Wildman–Crippen LogP) is 2.22. The van der Waals surface area contributed by atoms with Crippen LogP contribution in [0, 0.1) is 0 Å². The van der Waals surface area contributed by atoms with E-state index in [4.69, 9.17) is 4.74 Å². The highest BCUT2D eigenvalue weighted by Crippen LogP contribution is 2.14. The van der Waals surface area contributed by atoms with Crippen molar-refractivity contribution >= 4 is 29.2 Å². The number of nitrogens with one attached hydrogen (secondary N) is 2. The van der Waals surface area contributed by atoms with Crippen molar-refractivity contribution in [1.82, 2.24) is 4.98 Å². The Kier molecular flexibility index (Phi) is 5.62. The summed E-state index contributed by atoms with van der Waals surface area (Å²) >= 11 is 0. The number of rotatable bonds is 5. The van der Waals surface area contributed by atoms with Gasteiger partial charge < -0.3 is 15.4 Å². The van der Waals surface area contributed by atoms with Gasteiger partial charge in [-0.05, 0) is 43.3 Å². The summed E-state index contributed by atoms with van der Waals surface area (Å²) in [5.41, 5.74) is 1.47. The number of carbonyl (C=O) groups is 3. The molecule has 0 spiro atoms. The molecule has 0 aliphatic rings. The van der Waals surface area contributed by atoms with Crippen molar-refractivity contribution < 1.29 is 19.1 Å². The van der Waals surface area contributed by atoms with Crippen molar-refractivity contribution in [2.45, 2.75) is 20.0 Å². The lowest BCUT2D eigenvalue weighted by molar-refractivity contribution is -0.123. The summed E-state index contributed by atoms with van der Waals surface area (Å²) in [6, 6.07) is 9.61. The summed E-state index contributed by atoms with van der Waals surface area (Å²) in [6.45, 7) is 2.90. The Morgan fingerprint density at radius 2 is 1.50 bits per heavy atom. The van der Waals surface area contributed by atoms with Crippen LogP contribution in [0.25, 0.3) is 0 Å². The Bertz CT molecular complexity index is 729. The van der Waals surface area contributed by atoms with Gasteiger partial charge >= 0.3 is 5.97 Å². The zero-order valence-electron chi connectivity index (χ0n) is 13.3. The van der Waals surface area contributed by atoms with Crippen molar-refractivity contribution in [2.24, 2.45) is 0 Å². The number of hydrogen-bond acceptors (Lipinski definition) is 5. The third-order valence-corrected chi connectivity index (χ3v) is 3.04. The molecule has 1 aromatic heterocycles. The Balaban J connectivity index is 1.91. The summed E-state index contributed by atoms with van der Waals surface area (Å²) in [4.78, 5) is 38.7. The van der Waals surface area contributed by atoms with E-state index < -0.39 is 18.0 Å². The van der Waals surface area contributed by atoms with Crippen LogP contribution in [-0.4, -0.2) is 28.9 Å². The Labute approximate surface area is 139 Å². The molecule has 0 radical (unpaired) electrons. The van der Waals surface area contributed by atoms with Crippen LogP contribution in [-0.2, 0) is 14.3 Å². The highest BCUT2D eigenvalue weighted by Gasteiger charge is 2.19. The van der Waals surface area contributed by atoms with E-state index in [0.29, 0.717) is 16.9 Å². The van der Waals surface area contributed by atoms with Gasteiger partial charge in [0, 0.05) is 30.7 Å². The maximum absolute atomic E-state index is 12.1. The molecule has 0 saturated carbocycles. The molecule has 0 saturated heterocycles. The fourth-order valence-corrected chi connectivity index (χ4v) is 1.85. The van der Waals surface area contributed by atoms with Gasteiger partial charge in [-0.3, -0.25) is 14.6 Å². The van der Waals surface area contributed by atoms with Gasteiger partial charge in [-0.2, -0.15) is 0 Å². The number of nitrogens with zero attached hydrogens (tertiary/aromatic N) is 1. The largest absolute Gasteiger partial charge is 0.449 e. The minimum Gasteiger partial charge on any atom is -0.449 e. The summed E-state index contributed by atoms with van der Waals surface area (Å²) in [6.07, 6.45) is 1.98. The molecule has 0 unspecified atom stereocenters. The van der Waals surface area contributed by atoms with Crippen LogP contribution >= 0.6 is 0 Å². The fourth-order valence-electron chi connectivity index (χ4n) is 1.85. The van der Waals surface area contributed by atoms with Gasteiger partial charge in [-0.1, -0.05) is 0 Å². The average molecular weight is 327 g/mol. The van der Waals surface area contributed by atoms with Crippen LogP contribution < -0.4 is 10.6 Å². The number of ether oxygens (including phenoxy) is 1. The molecule has 7 nitrogen and oxygen atoms in total. The number of amides is 2. The first-order valence-electron chi connectivity index (χ1n) is 7.25. The van der Waals surface area contributed by atoms with E-state index in [9.17, 15) is 14.4 Å². The van der Waals surface area contributed by atoms with E-state index in [1.54, 1.807) is 24.3 Å². The van der Waals surface area contributed by atoms with Crippen LogP contribution in [0.5, 0.6) is 0 Å². The number of aromatic nitrogens is 1. The molecule has 24 heavy (non-hydrogen) atoms. The fraction of sp³-hybridized carbons (Fsp3) is 0.176. The van der Waals surface area contributed by atoms with E-state index in [1.165, 1.54) is 38.4 Å². The summed E-state index contributed by atoms with van der Waals surface area (Å²) in [5, 5.41) is 5.26. The zero-order valence-corrected chi connectivity index (χ0v) is 13.3. The lowest BCUT2D eigenvalue weighted by Gasteiger charge is -2.13. The lowest BCUT2D eigenvalue weighted by Crippen LogP contribution is -2.30. The highest BCUT2D eigenvalue weighted by atomic mass is 16.5. The number of hydrogen-bond donors (Lipinski definition) is 2. The van der Waals surface area contributed by atoms with Crippen LogP contribution in [0.3, 0.4) is 0 Å². The molecule has 2 N–H and O–H groups in total. The Morgan fingerprint density at radius 1 is 0.958 bits per heavy atom. The molecule has 2 amide bonds. The van der Waals surface area contributed by atoms with Crippen molar-refractivity contribution in [3.05, 3.63) is 54.4 Å².